The summed E-state index contributed by atoms with van der Waals surface area (Å²) in [5, 5.41) is 2.88. The average Bonchev–Trinajstić information content (AvgIpc) is 2.87. The third-order valence-corrected chi connectivity index (χ3v) is 3.58. The maximum absolute atomic E-state index is 12.0. The minimum atomic E-state index is -0.395. The molecule has 0 radical (unpaired) electrons. The van der Waals surface area contributed by atoms with Crippen molar-refractivity contribution in [2.45, 2.75) is 31.7 Å². The molecule has 6 nitrogen and oxygen atoms in total. The Balaban J connectivity index is 0.00000242. The minimum Gasteiger partial charge on any atom is -0.493 e. The van der Waals surface area contributed by atoms with E-state index in [4.69, 9.17) is 16.2 Å². The molecule has 22 heavy (non-hydrogen) atoms. The lowest BCUT2D eigenvalue weighted by Crippen LogP contribution is -2.23. The number of amides is 2. The van der Waals surface area contributed by atoms with Crippen molar-refractivity contribution in [3.05, 3.63) is 24.3 Å². The van der Waals surface area contributed by atoms with Crippen molar-refractivity contribution in [3.8, 4) is 5.75 Å². The molecule has 0 saturated heterocycles. The highest BCUT2D eigenvalue weighted by molar-refractivity contribution is 5.92. The van der Waals surface area contributed by atoms with E-state index in [0.29, 0.717) is 5.75 Å². The number of rotatable bonds is 6. The van der Waals surface area contributed by atoms with Crippen LogP contribution in [0.2, 0.25) is 0 Å². The second kappa shape index (κ2) is 8.60. The predicted molar refractivity (Wildman–Crippen MR) is 86.9 cm³/mol. The Morgan fingerprint density at radius 3 is 2.45 bits per heavy atom. The number of nitrogens with two attached hydrogens (primary N) is 2. The normalized spacial score (nSPS) is 20.0. The van der Waals surface area contributed by atoms with E-state index in [1.54, 1.807) is 24.3 Å². The first-order chi connectivity index (χ1) is 10.0. The van der Waals surface area contributed by atoms with Gasteiger partial charge in [0.25, 0.3) is 0 Å². The maximum atomic E-state index is 12.0. The largest absolute Gasteiger partial charge is 0.493 e. The van der Waals surface area contributed by atoms with Crippen LogP contribution in [-0.4, -0.2) is 24.5 Å². The van der Waals surface area contributed by atoms with Crippen molar-refractivity contribution in [3.63, 3.8) is 0 Å². The lowest BCUT2D eigenvalue weighted by atomic mass is 10.1. The Labute approximate surface area is 136 Å². The van der Waals surface area contributed by atoms with Crippen LogP contribution in [0.25, 0.3) is 0 Å². The van der Waals surface area contributed by atoms with Gasteiger partial charge in [-0.05, 0) is 43.5 Å². The molecule has 2 atom stereocenters. The van der Waals surface area contributed by atoms with E-state index in [9.17, 15) is 9.59 Å². The van der Waals surface area contributed by atoms with Gasteiger partial charge in [0.05, 0.1) is 13.0 Å². The zero-order chi connectivity index (χ0) is 15.2. The number of ether oxygens (including phenoxy) is 1. The average molecular weight is 328 g/mol. The molecule has 0 heterocycles. The molecule has 0 bridgehead atoms. The highest BCUT2D eigenvalue weighted by atomic mass is 35.5. The van der Waals surface area contributed by atoms with Crippen LogP contribution >= 0.6 is 12.4 Å². The smallest absolute Gasteiger partial charge is 0.227 e. The third-order valence-electron chi connectivity index (χ3n) is 3.58. The Morgan fingerprint density at radius 2 is 1.91 bits per heavy atom. The first-order valence-electron chi connectivity index (χ1n) is 7.12. The molecule has 122 valence electrons. The van der Waals surface area contributed by atoms with Crippen molar-refractivity contribution >= 4 is 29.9 Å². The van der Waals surface area contributed by atoms with Gasteiger partial charge >= 0.3 is 0 Å². The SMILES string of the molecule is Cl.NC(=O)CCOc1ccc(NC(=O)C2CCC(N)C2)cc1. The molecule has 5 N–H and O–H groups in total. The van der Waals surface area contributed by atoms with E-state index in [2.05, 4.69) is 5.32 Å². The van der Waals surface area contributed by atoms with Crippen LogP contribution in [0, 0.1) is 5.92 Å². The Kier molecular flexibility index (Phi) is 7.14. The van der Waals surface area contributed by atoms with Gasteiger partial charge in [-0.15, -0.1) is 12.4 Å². The first kappa shape index (κ1) is 18.3. The topological polar surface area (TPSA) is 107 Å². The van der Waals surface area contributed by atoms with Crippen molar-refractivity contribution in [1.29, 1.82) is 0 Å². The van der Waals surface area contributed by atoms with Gasteiger partial charge in [-0.1, -0.05) is 0 Å². The summed E-state index contributed by atoms with van der Waals surface area (Å²) in [5.41, 5.74) is 11.6. The fraction of sp³-hybridized carbons (Fsp3) is 0.467. The summed E-state index contributed by atoms with van der Waals surface area (Å²) >= 11 is 0. The second-order valence-electron chi connectivity index (χ2n) is 5.35. The number of nitrogens with one attached hydrogen (secondary N) is 1. The molecule has 1 aliphatic carbocycles. The molecule has 1 saturated carbocycles. The minimum absolute atomic E-state index is 0. The van der Waals surface area contributed by atoms with E-state index in [1.165, 1.54) is 0 Å². The summed E-state index contributed by atoms with van der Waals surface area (Å²) < 4.78 is 5.36. The van der Waals surface area contributed by atoms with Gasteiger partial charge in [0.2, 0.25) is 11.8 Å². The van der Waals surface area contributed by atoms with Gasteiger partial charge in [0.15, 0.2) is 0 Å². The van der Waals surface area contributed by atoms with Gasteiger partial charge in [0, 0.05) is 17.6 Å². The molecule has 1 fully saturated rings. The summed E-state index contributed by atoms with van der Waals surface area (Å²) in [6.07, 6.45) is 2.69. The van der Waals surface area contributed by atoms with Gasteiger partial charge < -0.3 is 21.5 Å². The molecular formula is C15H22ClN3O3. The summed E-state index contributed by atoms with van der Waals surface area (Å²) in [6.45, 7) is 0.251. The Hall–Kier alpha value is -1.79. The molecule has 0 aliphatic heterocycles. The summed E-state index contributed by atoms with van der Waals surface area (Å²) in [6, 6.07) is 7.18. The molecule has 2 rings (SSSR count). The van der Waals surface area contributed by atoms with Crippen molar-refractivity contribution in [2.24, 2.45) is 17.4 Å². The predicted octanol–water partition coefficient (Wildman–Crippen LogP) is 1.43. The number of hydrogen-bond acceptors (Lipinski definition) is 4. The van der Waals surface area contributed by atoms with Crippen LogP contribution in [0.1, 0.15) is 25.7 Å². The summed E-state index contributed by atoms with van der Waals surface area (Å²) in [4.78, 5) is 22.6. The van der Waals surface area contributed by atoms with Gasteiger partial charge in [-0.3, -0.25) is 9.59 Å². The molecular weight excluding hydrogens is 306 g/mol. The quantitative estimate of drug-likeness (QED) is 0.734. The van der Waals surface area contributed by atoms with E-state index >= 15 is 0 Å². The van der Waals surface area contributed by atoms with Crippen molar-refractivity contribution in [1.82, 2.24) is 0 Å². The highest BCUT2D eigenvalue weighted by Crippen LogP contribution is 2.25. The van der Waals surface area contributed by atoms with Crippen molar-refractivity contribution in [2.75, 3.05) is 11.9 Å². The van der Waals surface area contributed by atoms with Crippen LogP contribution in [0.5, 0.6) is 5.75 Å². The number of carbonyl (C=O) groups excluding carboxylic acids is 2. The number of halogens is 1. The number of anilines is 1. The standard InChI is InChI=1S/C15H21N3O3.ClH/c16-11-2-1-10(9-11)15(20)18-12-3-5-13(6-4-12)21-8-7-14(17)19;/h3-6,10-11H,1-2,7-9,16H2,(H2,17,19)(H,18,20);1H. The highest BCUT2D eigenvalue weighted by Gasteiger charge is 2.27. The zero-order valence-electron chi connectivity index (χ0n) is 12.3. The Morgan fingerprint density at radius 1 is 1.23 bits per heavy atom. The summed E-state index contributed by atoms with van der Waals surface area (Å²) in [7, 11) is 0. The van der Waals surface area contributed by atoms with E-state index in [1.807, 2.05) is 0 Å². The number of primary amides is 1. The fourth-order valence-corrected chi connectivity index (χ4v) is 2.40. The first-order valence-corrected chi connectivity index (χ1v) is 7.12. The fourth-order valence-electron chi connectivity index (χ4n) is 2.40. The maximum Gasteiger partial charge on any atom is 0.227 e. The Bertz CT molecular complexity index is 507. The molecule has 1 aromatic carbocycles. The van der Waals surface area contributed by atoms with Crippen molar-refractivity contribution < 1.29 is 14.3 Å². The van der Waals surface area contributed by atoms with E-state index in [-0.39, 0.29) is 43.3 Å². The van der Waals surface area contributed by atoms with E-state index < -0.39 is 5.91 Å². The van der Waals surface area contributed by atoms with Crippen LogP contribution < -0.4 is 21.5 Å². The zero-order valence-corrected chi connectivity index (χ0v) is 13.1. The monoisotopic (exact) mass is 327 g/mol. The molecule has 0 spiro atoms. The number of benzene rings is 1. The van der Waals surface area contributed by atoms with E-state index in [0.717, 1.165) is 24.9 Å². The van der Waals surface area contributed by atoms with Crippen LogP contribution in [0.4, 0.5) is 5.69 Å². The number of carbonyl (C=O) groups is 2. The van der Waals surface area contributed by atoms with Gasteiger partial charge in [0.1, 0.15) is 5.75 Å². The van der Waals surface area contributed by atoms with Crippen LogP contribution in [-0.2, 0) is 9.59 Å². The molecule has 2 unspecified atom stereocenters. The lowest BCUT2D eigenvalue weighted by molar-refractivity contribution is -0.120. The van der Waals surface area contributed by atoms with Crippen LogP contribution in [0.3, 0.4) is 0 Å². The molecule has 7 heteroatoms. The summed E-state index contributed by atoms with van der Waals surface area (Å²) in [5.74, 6) is 0.266. The molecule has 2 amide bonds. The molecule has 1 aliphatic rings. The molecule has 0 aromatic heterocycles. The number of hydrogen-bond donors (Lipinski definition) is 3. The lowest BCUT2D eigenvalue weighted by Gasteiger charge is -2.11. The van der Waals surface area contributed by atoms with Gasteiger partial charge in [-0.2, -0.15) is 0 Å². The molecule has 1 aromatic rings. The van der Waals surface area contributed by atoms with Gasteiger partial charge in [-0.25, -0.2) is 0 Å². The second-order valence-corrected chi connectivity index (χ2v) is 5.35. The third kappa shape index (κ3) is 5.54. The van der Waals surface area contributed by atoms with Crippen LogP contribution in [0.15, 0.2) is 24.3 Å².